The number of ether oxygens (including phenoxy) is 1. The Morgan fingerprint density at radius 2 is 1.89 bits per heavy atom. The van der Waals surface area contributed by atoms with Crippen LogP contribution < -0.4 is 15.7 Å². The average molecular weight is 499 g/mol. The fraction of sp³-hybridized carbons (Fsp3) is 0.500. The van der Waals surface area contributed by atoms with Crippen molar-refractivity contribution in [1.82, 2.24) is 14.5 Å². The number of benzene rings is 1. The van der Waals surface area contributed by atoms with Gasteiger partial charge < -0.3 is 19.5 Å². The Kier molecular flexibility index (Phi) is 5.66. The molecule has 1 spiro atoms. The fourth-order valence-corrected chi connectivity index (χ4v) is 5.73. The summed E-state index contributed by atoms with van der Waals surface area (Å²) in [5.74, 6) is 1.44. The van der Waals surface area contributed by atoms with Crippen LogP contribution >= 0.6 is 0 Å². The Morgan fingerprint density at radius 1 is 1.14 bits per heavy atom. The number of fused-ring (bicyclic) bond motifs is 3. The van der Waals surface area contributed by atoms with Gasteiger partial charge in [0.05, 0.1) is 22.9 Å². The number of hydrogen-bond acceptors (Lipinski definition) is 6. The van der Waals surface area contributed by atoms with Gasteiger partial charge in [-0.15, -0.1) is 0 Å². The highest BCUT2D eigenvalue weighted by atomic mass is 19.3. The van der Waals surface area contributed by atoms with Crippen molar-refractivity contribution >= 4 is 11.5 Å². The minimum absolute atomic E-state index is 0.122. The first-order valence-electron chi connectivity index (χ1n) is 12.4. The molecule has 2 saturated heterocycles. The molecule has 0 radical (unpaired) electrons. The molecular formula is C26H29F3N6O. The summed E-state index contributed by atoms with van der Waals surface area (Å²) in [6, 6.07) is 5.43. The van der Waals surface area contributed by atoms with Crippen molar-refractivity contribution in [3.63, 3.8) is 0 Å². The molecule has 1 atom stereocenters. The number of nitrogens with zero attached hydrogens (tertiary/aromatic N) is 5. The molecule has 0 unspecified atom stereocenters. The van der Waals surface area contributed by atoms with Crippen molar-refractivity contribution < 1.29 is 17.9 Å². The Hall–Kier alpha value is -3.14. The summed E-state index contributed by atoms with van der Waals surface area (Å²) in [4.78, 5) is 16.4. The minimum Gasteiger partial charge on any atom is -0.381 e. The smallest absolute Gasteiger partial charge is 0.266 e. The Bertz CT molecular complexity index is 1340. The zero-order valence-electron chi connectivity index (χ0n) is 20.4. The normalized spacial score (nSPS) is 20.1. The third-order valence-electron chi connectivity index (χ3n) is 7.70. The Labute approximate surface area is 207 Å². The lowest BCUT2D eigenvalue weighted by atomic mass is 9.73. The first kappa shape index (κ1) is 23.3. The molecular weight excluding hydrogens is 469 g/mol. The summed E-state index contributed by atoms with van der Waals surface area (Å²) in [6.45, 7) is 8.63. The molecule has 0 saturated carbocycles. The van der Waals surface area contributed by atoms with Gasteiger partial charge in [-0.2, -0.15) is 0 Å². The van der Waals surface area contributed by atoms with E-state index in [2.05, 4.69) is 25.8 Å². The van der Waals surface area contributed by atoms with Crippen LogP contribution in [-0.2, 0) is 11.3 Å². The molecule has 6 rings (SSSR count). The van der Waals surface area contributed by atoms with Gasteiger partial charge in [0, 0.05) is 50.4 Å². The van der Waals surface area contributed by atoms with E-state index >= 15 is 0 Å². The van der Waals surface area contributed by atoms with Crippen LogP contribution in [0, 0.1) is 18.2 Å². The summed E-state index contributed by atoms with van der Waals surface area (Å²) < 4.78 is 49.1. The quantitative estimate of drug-likeness (QED) is 0.575. The molecule has 5 heterocycles. The molecule has 36 heavy (non-hydrogen) atoms. The standard InChI is InChI=1S/C26H29F3N6O/c1-15(17-4-3-5-18(21(17)27)22(28)29)31-23-19-12-20(34-13-26(14-34)6-10-36-11-7-26)25-30-8-9-35(25)24(19)33-16(2)32-23/h3-5,12,15,22,30H,6-11,13-14H2,1-2H3/t15-/m1/s1. The summed E-state index contributed by atoms with van der Waals surface area (Å²) >= 11 is 0. The molecule has 0 aliphatic carbocycles. The number of halogens is 3. The van der Waals surface area contributed by atoms with E-state index in [0.29, 0.717) is 16.7 Å². The second-order valence-corrected chi connectivity index (χ2v) is 10.1. The van der Waals surface area contributed by atoms with Crippen LogP contribution in [0.1, 0.15) is 49.2 Å². The van der Waals surface area contributed by atoms with E-state index in [4.69, 9.17) is 14.7 Å². The molecule has 1 N–H and O–H groups in total. The summed E-state index contributed by atoms with van der Waals surface area (Å²) in [6.07, 6.45) is -0.739. The molecule has 5 aliphatic heterocycles. The molecule has 0 amide bonds. The van der Waals surface area contributed by atoms with Crippen LogP contribution in [0.2, 0.25) is 0 Å². The monoisotopic (exact) mass is 498 g/mol. The van der Waals surface area contributed by atoms with Crippen LogP contribution in [0.4, 0.5) is 24.7 Å². The number of alkyl halides is 2. The summed E-state index contributed by atoms with van der Waals surface area (Å²) in [7, 11) is 0. The van der Waals surface area contributed by atoms with E-state index < -0.39 is 23.8 Å². The molecule has 10 heteroatoms. The molecule has 1 aromatic carbocycles. The van der Waals surface area contributed by atoms with Crippen molar-refractivity contribution in [2.24, 2.45) is 10.4 Å². The maximum atomic E-state index is 14.8. The van der Waals surface area contributed by atoms with Gasteiger partial charge in [-0.3, -0.25) is 4.99 Å². The van der Waals surface area contributed by atoms with Crippen LogP contribution in [0.5, 0.6) is 0 Å². The number of nitrogens with one attached hydrogen (secondary N) is 1. The second-order valence-electron chi connectivity index (χ2n) is 10.1. The highest BCUT2D eigenvalue weighted by Crippen LogP contribution is 2.46. The van der Waals surface area contributed by atoms with Crippen LogP contribution in [-0.4, -0.2) is 47.4 Å². The van der Waals surface area contributed by atoms with Crippen molar-refractivity contribution in [3.05, 3.63) is 52.5 Å². The van der Waals surface area contributed by atoms with E-state index in [0.717, 1.165) is 81.2 Å². The predicted octanol–water partition coefficient (Wildman–Crippen LogP) is 4.47. The van der Waals surface area contributed by atoms with Crippen LogP contribution in [0.25, 0.3) is 11.4 Å². The summed E-state index contributed by atoms with van der Waals surface area (Å²) in [5.41, 5.74) is 2.11. The third kappa shape index (κ3) is 3.82. The van der Waals surface area contributed by atoms with Crippen molar-refractivity contribution in [3.8, 4) is 11.4 Å². The second kappa shape index (κ2) is 8.76. The molecule has 0 bridgehead atoms. The molecule has 1 aromatic rings. The molecule has 7 nitrogen and oxygen atoms in total. The number of aromatic nitrogens is 3. The lowest BCUT2D eigenvalue weighted by Gasteiger charge is -2.53. The molecule has 190 valence electrons. The topological polar surface area (TPSA) is 67.6 Å². The van der Waals surface area contributed by atoms with Gasteiger partial charge in [0.25, 0.3) is 6.43 Å². The summed E-state index contributed by atoms with van der Waals surface area (Å²) in [5, 5.41) is 3.52. The van der Waals surface area contributed by atoms with E-state index in [1.54, 1.807) is 13.8 Å². The SMILES string of the molecule is Cc1nc2n3c(c(N4CC5(CCOCC5)C4)cc-2c(=N[C@H](C)c2cccc(C(F)F)c2F)n1)NCC3. The van der Waals surface area contributed by atoms with Crippen molar-refractivity contribution in [2.75, 3.05) is 43.1 Å². The molecule has 5 aliphatic rings. The zero-order valence-corrected chi connectivity index (χ0v) is 20.4. The van der Waals surface area contributed by atoms with Gasteiger partial charge in [0.15, 0.2) is 5.49 Å². The molecule has 0 aromatic heterocycles. The maximum absolute atomic E-state index is 14.8. The first-order valence-corrected chi connectivity index (χ1v) is 12.4. The van der Waals surface area contributed by atoms with E-state index in [1.807, 2.05) is 0 Å². The lowest BCUT2D eigenvalue weighted by molar-refractivity contribution is -0.000168. The Morgan fingerprint density at radius 3 is 2.64 bits per heavy atom. The highest BCUT2D eigenvalue weighted by Gasteiger charge is 2.45. The fourth-order valence-electron chi connectivity index (χ4n) is 5.73. The average Bonchev–Trinajstić information content (AvgIpc) is 3.33. The van der Waals surface area contributed by atoms with Gasteiger partial charge >= 0.3 is 0 Å². The van der Waals surface area contributed by atoms with Gasteiger partial charge in [-0.25, -0.2) is 23.1 Å². The van der Waals surface area contributed by atoms with E-state index in [1.165, 1.54) is 12.1 Å². The van der Waals surface area contributed by atoms with Crippen molar-refractivity contribution in [2.45, 2.75) is 45.7 Å². The first-order chi connectivity index (χ1) is 17.3. The highest BCUT2D eigenvalue weighted by molar-refractivity contribution is 5.78. The van der Waals surface area contributed by atoms with E-state index in [9.17, 15) is 13.2 Å². The Balaban J connectivity index is 1.44. The largest absolute Gasteiger partial charge is 0.381 e. The molecule has 2 fully saturated rings. The zero-order chi connectivity index (χ0) is 25.0. The van der Waals surface area contributed by atoms with Gasteiger partial charge in [-0.05, 0) is 32.8 Å². The number of rotatable bonds is 4. The number of anilines is 2. The van der Waals surface area contributed by atoms with Crippen LogP contribution in [0.3, 0.4) is 0 Å². The van der Waals surface area contributed by atoms with E-state index in [-0.39, 0.29) is 5.56 Å². The minimum atomic E-state index is -2.89. The maximum Gasteiger partial charge on any atom is 0.266 e. The third-order valence-corrected chi connectivity index (χ3v) is 7.70. The number of pyridine rings is 1. The lowest BCUT2D eigenvalue weighted by Crippen LogP contribution is -2.58. The van der Waals surface area contributed by atoms with Crippen LogP contribution in [0.15, 0.2) is 29.3 Å². The number of hydrogen-bond donors (Lipinski definition) is 1. The van der Waals surface area contributed by atoms with Crippen molar-refractivity contribution in [1.29, 1.82) is 0 Å². The van der Waals surface area contributed by atoms with Gasteiger partial charge in [0.2, 0.25) is 0 Å². The van der Waals surface area contributed by atoms with Gasteiger partial charge in [-0.1, -0.05) is 18.2 Å². The van der Waals surface area contributed by atoms with Gasteiger partial charge in [0.1, 0.15) is 23.3 Å². The number of aryl methyl sites for hydroxylation is 1. The predicted molar refractivity (Wildman–Crippen MR) is 130 cm³/mol.